The van der Waals surface area contributed by atoms with Crippen molar-refractivity contribution in [2.24, 2.45) is 4.99 Å². The highest BCUT2D eigenvalue weighted by molar-refractivity contribution is 9.10. The number of aliphatic imine (C=N–C) groups is 1. The van der Waals surface area contributed by atoms with Crippen LogP contribution in [0.25, 0.3) is 11.6 Å². The number of hydrogen-bond donors (Lipinski definition) is 1. The largest absolute Gasteiger partial charge is 0.366 e. The van der Waals surface area contributed by atoms with Crippen molar-refractivity contribution < 1.29 is 4.79 Å². The number of amides is 1. The summed E-state index contributed by atoms with van der Waals surface area (Å²) in [5.74, 6) is -0.117. The lowest BCUT2D eigenvalue weighted by Gasteiger charge is -2.40. The van der Waals surface area contributed by atoms with Crippen molar-refractivity contribution in [1.82, 2.24) is 5.32 Å². The lowest BCUT2D eigenvalue weighted by molar-refractivity contribution is -0.115. The molecule has 6 heteroatoms. The highest BCUT2D eigenvalue weighted by Gasteiger charge is 2.29. The Morgan fingerprint density at radius 2 is 1.90 bits per heavy atom. The first-order chi connectivity index (χ1) is 13.7. The number of rotatable bonds is 2. The van der Waals surface area contributed by atoms with Gasteiger partial charge in [0.15, 0.2) is 5.17 Å². The summed E-state index contributed by atoms with van der Waals surface area (Å²) >= 11 is 4.78. The maximum Gasteiger partial charge on any atom is 0.264 e. The summed E-state index contributed by atoms with van der Waals surface area (Å²) in [6, 6.07) is 14.0. The SMILES string of the molecule is CC1=CC(C)(C)N(C)c2ccc(/C=C3/SC(=Nc4ccc(Br)cc4)NC3=O)cc21. The van der Waals surface area contributed by atoms with Gasteiger partial charge in [-0.3, -0.25) is 4.79 Å². The number of amidine groups is 1. The lowest BCUT2D eigenvalue weighted by Crippen LogP contribution is -2.42. The number of allylic oxidation sites excluding steroid dienone is 1. The Morgan fingerprint density at radius 1 is 1.17 bits per heavy atom. The normalized spacial score (nSPS) is 20.7. The van der Waals surface area contributed by atoms with Gasteiger partial charge >= 0.3 is 0 Å². The molecule has 4 rings (SSSR count). The first-order valence-corrected chi connectivity index (χ1v) is 11.0. The predicted octanol–water partition coefficient (Wildman–Crippen LogP) is 5.97. The van der Waals surface area contributed by atoms with Crippen molar-refractivity contribution >= 4 is 61.8 Å². The van der Waals surface area contributed by atoms with E-state index in [1.165, 1.54) is 28.6 Å². The molecule has 0 radical (unpaired) electrons. The van der Waals surface area contributed by atoms with Crippen LogP contribution < -0.4 is 10.2 Å². The van der Waals surface area contributed by atoms with Crippen LogP contribution in [-0.2, 0) is 4.79 Å². The number of likely N-dealkylation sites (N-methyl/N-ethyl adjacent to an activating group) is 1. The Morgan fingerprint density at radius 3 is 2.62 bits per heavy atom. The first kappa shape index (κ1) is 20.0. The van der Waals surface area contributed by atoms with Crippen molar-refractivity contribution in [3.8, 4) is 0 Å². The number of fused-ring (bicyclic) bond motifs is 1. The van der Waals surface area contributed by atoms with Crippen molar-refractivity contribution in [2.75, 3.05) is 11.9 Å². The molecule has 29 heavy (non-hydrogen) atoms. The van der Waals surface area contributed by atoms with Crippen LogP contribution in [0.1, 0.15) is 31.9 Å². The molecule has 2 aliphatic heterocycles. The number of anilines is 1. The second kappa shape index (κ2) is 7.50. The number of carbonyl (C=O) groups excluding carboxylic acids is 1. The third-order valence-electron chi connectivity index (χ3n) is 5.25. The molecule has 1 fully saturated rings. The molecule has 2 heterocycles. The van der Waals surface area contributed by atoms with Gasteiger partial charge in [0.25, 0.3) is 5.91 Å². The molecule has 0 atom stereocenters. The van der Waals surface area contributed by atoms with Crippen LogP contribution in [0.5, 0.6) is 0 Å². The molecule has 2 aromatic rings. The van der Waals surface area contributed by atoms with Crippen LogP contribution in [0.15, 0.2) is 62.9 Å². The highest BCUT2D eigenvalue weighted by atomic mass is 79.9. The number of halogens is 1. The average molecular weight is 468 g/mol. The van der Waals surface area contributed by atoms with E-state index in [0.29, 0.717) is 10.1 Å². The van der Waals surface area contributed by atoms with E-state index in [0.717, 1.165) is 15.7 Å². The Bertz CT molecular complexity index is 1080. The number of thioether (sulfide) groups is 1. The van der Waals surface area contributed by atoms with E-state index >= 15 is 0 Å². The molecule has 4 nitrogen and oxygen atoms in total. The second-order valence-electron chi connectivity index (χ2n) is 7.77. The van der Waals surface area contributed by atoms with E-state index < -0.39 is 0 Å². The maximum atomic E-state index is 12.4. The van der Waals surface area contributed by atoms with Crippen molar-refractivity contribution in [3.63, 3.8) is 0 Å². The van der Waals surface area contributed by atoms with Gasteiger partial charge in [-0.05, 0) is 86.1 Å². The fourth-order valence-corrected chi connectivity index (χ4v) is 4.64. The van der Waals surface area contributed by atoms with E-state index in [1.54, 1.807) is 0 Å². The molecule has 2 aromatic carbocycles. The second-order valence-corrected chi connectivity index (χ2v) is 9.72. The van der Waals surface area contributed by atoms with Gasteiger partial charge < -0.3 is 10.2 Å². The Labute approximate surface area is 183 Å². The summed E-state index contributed by atoms with van der Waals surface area (Å²) in [5.41, 5.74) is 5.46. The number of hydrogen-bond acceptors (Lipinski definition) is 4. The zero-order chi connectivity index (χ0) is 20.8. The summed E-state index contributed by atoms with van der Waals surface area (Å²) in [6.45, 7) is 6.56. The Kier molecular flexibility index (Phi) is 5.17. The molecule has 0 aromatic heterocycles. The third kappa shape index (κ3) is 4.05. The summed E-state index contributed by atoms with van der Waals surface area (Å²) in [6.07, 6.45) is 4.21. The standard InChI is InChI=1S/C23H22BrN3OS/c1-14-13-23(2,3)27(4)19-10-5-15(11-18(14)19)12-20-21(28)26-22(29-20)25-17-8-6-16(24)7-9-17/h5-13H,1-4H3,(H,25,26,28)/b20-12+. The minimum absolute atomic E-state index is 0.0172. The number of benzene rings is 2. The summed E-state index contributed by atoms with van der Waals surface area (Å²) in [7, 11) is 2.12. The number of nitrogens with one attached hydrogen (secondary N) is 1. The molecule has 0 spiro atoms. The van der Waals surface area contributed by atoms with E-state index in [1.807, 2.05) is 30.3 Å². The smallest absolute Gasteiger partial charge is 0.264 e. The van der Waals surface area contributed by atoms with Gasteiger partial charge in [0.2, 0.25) is 0 Å². The van der Waals surface area contributed by atoms with Gasteiger partial charge in [0.1, 0.15) is 0 Å². The molecule has 0 unspecified atom stereocenters. The molecule has 0 bridgehead atoms. The molecule has 0 aliphatic carbocycles. The molecule has 1 amide bonds. The van der Waals surface area contributed by atoms with Gasteiger partial charge in [-0.2, -0.15) is 0 Å². The van der Waals surface area contributed by atoms with Crippen LogP contribution in [0.2, 0.25) is 0 Å². The Balaban J connectivity index is 1.61. The number of nitrogens with zero attached hydrogens (tertiary/aromatic N) is 2. The van der Waals surface area contributed by atoms with Gasteiger partial charge in [-0.1, -0.05) is 28.1 Å². The van der Waals surface area contributed by atoms with Crippen LogP contribution in [-0.4, -0.2) is 23.7 Å². The number of carbonyl (C=O) groups is 1. The van der Waals surface area contributed by atoms with E-state index in [9.17, 15) is 4.79 Å². The fraction of sp³-hybridized carbons (Fsp3) is 0.217. The Hall–Kier alpha value is -2.31. The minimum Gasteiger partial charge on any atom is -0.366 e. The van der Waals surface area contributed by atoms with E-state index in [-0.39, 0.29) is 11.4 Å². The molecular weight excluding hydrogens is 446 g/mol. The van der Waals surface area contributed by atoms with Gasteiger partial charge in [0.05, 0.1) is 16.1 Å². The third-order valence-corrected chi connectivity index (χ3v) is 6.69. The lowest BCUT2D eigenvalue weighted by atomic mass is 9.88. The molecule has 148 valence electrons. The summed E-state index contributed by atoms with van der Waals surface area (Å²) < 4.78 is 0.996. The zero-order valence-corrected chi connectivity index (χ0v) is 19.2. The maximum absolute atomic E-state index is 12.4. The molecule has 2 aliphatic rings. The van der Waals surface area contributed by atoms with Crippen LogP contribution in [0, 0.1) is 0 Å². The molecular formula is C23H22BrN3OS. The van der Waals surface area contributed by atoms with Crippen LogP contribution in [0.3, 0.4) is 0 Å². The van der Waals surface area contributed by atoms with E-state index in [2.05, 4.69) is 83.2 Å². The van der Waals surface area contributed by atoms with Crippen molar-refractivity contribution in [2.45, 2.75) is 26.3 Å². The summed E-state index contributed by atoms with van der Waals surface area (Å²) in [4.78, 5) is 19.9. The predicted molar refractivity (Wildman–Crippen MR) is 128 cm³/mol. The molecule has 0 saturated carbocycles. The zero-order valence-electron chi connectivity index (χ0n) is 16.8. The monoisotopic (exact) mass is 467 g/mol. The van der Waals surface area contributed by atoms with Crippen molar-refractivity contribution in [1.29, 1.82) is 0 Å². The fourth-order valence-electron chi connectivity index (χ4n) is 3.53. The molecule has 1 saturated heterocycles. The van der Waals surface area contributed by atoms with Gasteiger partial charge in [0, 0.05) is 22.8 Å². The van der Waals surface area contributed by atoms with Crippen molar-refractivity contribution in [3.05, 3.63) is 69.0 Å². The topological polar surface area (TPSA) is 44.7 Å². The summed E-state index contributed by atoms with van der Waals surface area (Å²) in [5, 5.41) is 3.45. The van der Waals surface area contributed by atoms with E-state index in [4.69, 9.17) is 0 Å². The van der Waals surface area contributed by atoms with Crippen LogP contribution in [0.4, 0.5) is 11.4 Å². The minimum atomic E-state index is -0.117. The van der Waals surface area contributed by atoms with Gasteiger partial charge in [-0.25, -0.2) is 4.99 Å². The molecule has 1 N–H and O–H groups in total. The first-order valence-electron chi connectivity index (χ1n) is 9.36. The highest BCUT2D eigenvalue weighted by Crippen LogP contribution is 2.39. The quantitative estimate of drug-likeness (QED) is 0.553. The van der Waals surface area contributed by atoms with Crippen LogP contribution >= 0.6 is 27.7 Å². The average Bonchev–Trinajstić information content (AvgIpc) is 3.00. The van der Waals surface area contributed by atoms with Gasteiger partial charge in [-0.15, -0.1) is 0 Å².